The second-order valence-corrected chi connectivity index (χ2v) is 4.58. The number of carbonyl (C=O) groups excluding carboxylic acids is 1. The molecule has 0 amide bonds. The number of non-ortho nitro benzene ring substituents is 1. The van der Waals surface area contributed by atoms with Crippen molar-refractivity contribution in [3.8, 4) is 0 Å². The van der Waals surface area contributed by atoms with Crippen LogP contribution in [0.2, 0.25) is 0 Å². The number of rotatable bonds is 4. The molecule has 0 radical (unpaired) electrons. The van der Waals surface area contributed by atoms with Crippen molar-refractivity contribution in [3.05, 3.63) is 57.0 Å². The van der Waals surface area contributed by atoms with E-state index < -0.39 is 17.0 Å². The third-order valence-corrected chi connectivity index (χ3v) is 3.02. The fraction of sp³-hybridized carbons (Fsp3) is 0.286. The average Bonchev–Trinajstić information content (AvgIpc) is 2.75. The van der Waals surface area contributed by atoms with E-state index in [0.29, 0.717) is 22.6 Å². The van der Waals surface area contributed by atoms with Gasteiger partial charge in [-0.3, -0.25) is 14.9 Å². The number of hydrogen-bond acceptors (Lipinski definition) is 6. The highest BCUT2D eigenvalue weighted by Gasteiger charge is 2.26. The zero-order valence-electron chi connectivity index (χ0n) is 11.8. The Morgan fingerprint density at radius 3 is 2.67 bits per heavy atom. The van der Waals surface area contributed by atoms with E-state index in [1.54, 1.807) is 26.0 Å². The van der Waals surface area contributed by atoms with E-state index in [1.165, 1.54) is 19.1 Å². The van der Waals surface area contributed by atoms with Crippen LogP contribution < -0.4 is 0 Å². The molecule has 110 valence electrons. The van der Waals surface area contributed by atoms with Gasteiger partial charge in [0.1, 0.15) is 5.76 Å². The molecule has 2 aromatic rings. The van der Waals surface area contributed by atoms with Gasteiger partial charge in [-0.2, -0.15) is 0 Å². The van der Waals surface area contributed by atoms with Gasteiger partial charge in [-0.15, -0.1) is 0 Å². The van der Waals surface area contributed by atoms with Crippen LogP contribution in [-0.4, -0.2) is 16.0 Å². The molecule has 0 fully saturated rings. The van der Waals surface area contributed by atoms with E-state index in [2.05, 4.69) is 5.16 Å². The quantitative estimate of drug-likeness (QED) is 0.488. The van der Waals surface area contributed by atoms with Crippen molar-refractivity contribution in [1.29, 1.82) is 0 Å². The van der Waals surface area contributed by atoms with Crippen LogP contribution in [0.3, 0.4) is 0 Å². The summed E-state index contributed by atoms with van der Waals surface area (Å²) in [7, 11) is 0. The predicted molar refractivity (Wildman–Crippen MR) is 72.7 cm³/mol. The summed E-state index contributed by atoms with van der Waals surface area (Å²) in [6, 6.07) is 5.95. The van der Waals surface area contributed by atoms with Crippen molar-refractivity contribution < 1.29 is 19.0 Å². The lowest BCUT2D eigenvalue weighted by Gasteiger charge is -2.17. The SMILES string of the molecule is CC(=O)OC(c1cccc([N+](=O)[O-])c1)c1c(C)noc1C. The van der Waals surface area contributed by atoms with Gasteiger partial charge in [0, 0.05) is 24.6 Å². The molecule has 2 rings (SSSR count). The van der Waals surface area contributed by atoms with Gasteiger partial charge in [0.15, 0.2) is 6.10 Å². The molecule has 0 aliphatic rings. The van der Waals surface area contributed by atoms with Gasteiger partial charge in [-0.1, -0.05) is 17.3 Å². The molecule has 0 saturated carbocycles. The van der Waals surface area contributed by atoms with Crippen molar-refractivity contribution in [2.45, 2.75) is 26.9 Å². The maximum absolute atomic E-state index is 11.4. The highest BCUT2D eigenvalue weighted by atomic mass is 16.6. The molecule has 1 atom stereocenters. The van der Waals surface area contributed by atoms with Crippen molar-refractivity contribution >= 4 is 11.7 Å². The second-order valence-electron chi connectivity index (χ2n) is 4.58. The van der Waals surface area contributed by atoms with Gasteiger partial charge in [0.25, 0.3) is 5.69 Å². The first kappa shape index (κ1) is 14.7. The Labute approximate surface area is 120 Å². The standard InChI is InChI=1S/C14H14N2O5/c1-8-13(9(2)21-15-8)14(20-10(3)17)11-5-4-6-12(7-11)16(18)19/h4-7,14H,1-3H3. The molecule has 21 heavy (non-hydrogen) atoms. The van der Waals surface area contributed by atoms with E-state index in [4.69, 9.17) is 9.26 Å². The van der Waals surface area contributed by atoms with E-state index in [-0.39, 0.29) is 5.69 Å². The number of esters is 1. The smallest absolute Gasteiger partial charge is 0.303 e. The van der Waals surface area contributed by atoms with Gasteiger partial charge in [0.05, 0.1) is 16.2 Å². The number of carbonyl (C=O) groups is 1. The molecular weight excluding hydrogens is 276 g/mol. The van der Waals surface area contributed by atoms with Gasteiger partial charge in [-0.05, 0) is 13.8 Å². The monoisotopic (exact) mass is 290 g/mol. The predicted octanol–water partition coefficient (Wildman–Crippen LogP) is 2.85. The van der Waals surface area contributed by atoms with E-state index >= 15 is 0 Å². The van der Waals surface area contributed by atoms with Crippen molar-refractivity contribution in [2.24, 2.45) is 0 Å². The number of ether oxygens (including phenoxy) is 1. The molecule has 1 aromatic heterocycles. The van der Waals surface area contributed by atoms with Crippen LogP contribution in [0.25, 0.3) is 0 Å². The zero-order chi connectivity index (χ0) is 15.6. The van der Waals surface area contributed by atoms with Crippen LogP contribution in [-0.2, 0) is 9.53 Å². The largest absolute Gasteiger partial charge is 0.453 e. The molecule has 0 spiro atoms. The van der Waals surface area contributed by atoms with Crippen LogP contribution in [0.4, 0.5) is 5.69 Å². The third-order valence-electron chi connectivity index (χ3n) is 3.02. The Bertz CT molecular complexity index is 673. The summed E-state index contributed by atoms with van der Waals surface area (Å²) in [5, 5.41) is 14.7. The molecule has 1 aromatic carbocycles. The lowest BCUT2D eigenvalue weighted by atomic mass is 9.99. The van der Waals surface area contributed by atoms with Crippen molar-refractivity contribution in [1.82, 2.24) is 5.16 Å². The maximum Gasteiger partial charge on any atom is 0.303 e. The Balaban J connectivity index is 2.53. The third kappa shape index (κ3) is 3.07. The molecule has 0 bridgehead atoms. The topological polar surface area (TPSA) is 95.5 Å². The first-order chi connectivity index (χ1) is 9.90. The second kappa shape index (κ2) is 5.74. The van der Waals surface area contributed by atoms with Crippen molar-refractivity contribution in [3.63, 3.8) is 0 Å². The molecule has 1 unspecified atom stereocenters. The number of aromatic nitrogens is 1. The van der Waals surface area contributed by atoms with Crippen LogP contribution >= 0.6 is 0 Å². The average molecular weight is 290 g/mol. The summed E-state index contributed by atoms with van der Waals surface area (Å²) >= 11 is 0. The van der Waals surface area contributed by atoms with E-state index in [1.807, 2.05) is 0 Å². The Hall–Kier alpha value is -2.70. The fourth-order valence-electron chi connectivity index (χ4n) is 2.13. The number of hydrogen-bond donors (Lipinski definition) is 0. The minimum absolute atomic E-state index is 0.0728. The maximum atomic E-state index is 11.4. The molecule has 0 saturated heterocycles. The normalized spacial score (nSPS) is 12.0. The molecular formula is C14H14N2O5. The van der Waals surface area contributed by atoms with E-state index in [9.17, 15) is 14.9 Å². The first-order valence-electron chi connectivity index (χ1n) is 6.24. The summed E-state index contributed by atoms with van der Waals surface area (Å²) in [4.78, 5) is 21.7. The van der Waals surface area contributed by atoms with Crippen LogP contribution in [0, 0.1) is 24.0 Å². The minimum atomic E-state index is -0.784. The van der Waals surface area contributed by atoms with Gasteiger partial charge in [-0.25, -0.2) is 0 Å². The Morgan fingerprint density at radius 1 is 1.43 bits per heavy atom. The summed E-state index contributed by atoms with van der Waals surface area (Å²) in [6.45, 7) is 4.70. The van der Waals surface area contributed by atoms with Gasteiger partial charge >= 0.3 is 5.97 Å². The molecule has 0 aliphatic carbocycles. The number of nitro benzene ring substituents is 1. The van der Waals surface area contributed by atoms with E-state index in [0.717, 1.165) is 0 Å². The molecule has 1 heterocycles. The van der Waals surface area contributed by atoms with Gasteiger partial charge < -0.3 is 9.26 Å². The number of nitrogens with zero attached hydrogens (tertiary/aromatic N) is 2. The highest BCUT2D eigenvalue weighted by molar-refractivity contribution is 5.67. The van der Waals surface area contributed by atoms with Crippen molar-refractivity contribution in [2.75, 3.05) is 0 Å². The number of nitro groups is 1. The Morgan fingerprint density at radius 2 is 2.14 bits per heavy atom. The molecule has 7 nitrogen and oxygen atoms in total. The van der Waals surface area contributed by atoms with Gasteiger partial charge in [0.2, 0.25) is 0 Å². The fourth-order valence-corrected chi connectivity index (χ4v) is 2.13. The van der Waals surface area contributed by atoms with Crippen LogP contribution in [0.15, 0.2) is 28.8 Å². The number of benzene rings is 1. The highest BCUT2D eigenvalue weighted by Crippen LogP contribution is 2.32. The zero-order valence-corrected chi connectivity index (χ0v) is 11.8. The molecule has 0 aliphatic heterocycles. The lowest BCUT2D eigenvalue weighted by Crippen LogP contribution is -2.12. The molecule has 0 N–H and O–H groups in total. The summed E-state index contributed by atoms with van der Waals surface area (Å²) in [5.74, 6) is 0.0109. The number of aryl methyl sites for hydroxylation is 2. The summed E-state index contributed by atoms with van der Waals surface area (Å²) in [5.41, 5.74) is 1.60. The Kier molecular flexibility index (Phi) is 4.02. The summed E-state index contributed by atoms with van der Waals surface area (Å²) in [6.07, 6.45) is -0.784. The molecule has 7 heteroatoms. The van der Waals surface area contributed by atoms with Crippen LogP contribution in [0.5, 0.6) is 0 Å². The first-order valence-corrected chi connectivity index (χ1v) is 6.24. The lowest BCUT2D eigenvalue weighted by molar-refractivity contribution is -0.385. The van der Waals surface area contributed by atoms with Crippen LogP contribution in [0.1, 0.15) is 35.6 Å². The summed E-state index contributed by atoms with van der Waals surface area (Å²) < 4.78 is 10.4. The minimum Gasteiger partial charge on any atom is -0.453 e.